The number of nitro benzene ring substituents is 1. The lowest BCUT2D eigenvalue weighted by molar-refractivity contribution is -0.384. The van der Waals surface area contributed by atoms with Crippen molar-refractivity contribution < 1.29 is 14.5 Å². The number of carbonyl (C=O) groups is 2. The predicted octanol–water partition coefficient (Wildman–Crippen LogP) is 2.77. The van der Waals surface area contributed by atoms with Crippen LogP contribution in [0, 0.1) is 22.0 Å². The average Bonchev–Trinajstić information content (AvgIpc) is 2.73. The number of hydrogen-bond acceptors (Lipinski definition) is 5. The summed E-state index contributed by atoms with van der Waals surface area (Å²) in [6, 6.07) is 4.80. The molecule has 0 aromatic heterocycles. The molecule has 29 heavy (non-hydrogen) atoms. The molecule has 2 fully saturated rings. The van der Waals surface area contributed by atoms with Crippen LogP contribution in [0.15, 0.2) is 18.2 Å². The van der Waals surface area contributed by atoms with Gasteiger partial charge in [0.25, 0.3) is 11.6 Å². The maximum absolute atomic E-state index is 12.9. The Balaban J connectivity index is 1.72. The molecule has 0 atom stereocenters. The third kappa shape index (κ3) is 4.68. The fourth-order valence-corrected chi connectivity index (χ4v) is 4.00. The van der Waals surface area contributed by atoms with Gasteiger partial charge in [-0.1, -0.05) is 20.8 Å². The van der Waals surface area contributed by atoms with Crippen LogP contribution in [-0.2, 0) is 4.79 Å². The Labute approximate surface area is 171 Å². The van der Waals surface area contributed by atoms with Crippen LogP contribution in [0.5, 0.6) is 0 Å². The van der Waals surface area contributed by atoms with Crippen molar-refractivity contribution in [3.05, 3.63) is 33.9 Å². The lowest BCUT2D eigenvalue weighted by Gasteiger charge is -2.35. The van der Waals surface area contributed by atoms with Crippen LogP contribution < -0.4 is 4.90 Å². The van der Waals surface area contributed by atoms with E-state index < -0.39 is 4.92 Å². The second-order valence-corrected chi connectivity index (χ2v) is 8.40. The smallest absolute Gasteiger partial charge is 0.293 e. The van der Waals surface area contributed by atoms with Gasteiger partial charge in [-0.3, -0.25) is 19.7 Å². The molecule has 0 unspecified atom stereocenters. The van der Waals surface area contributed by atoms with Crippen molar-refractivity contribution in [1.29, 1.82) is 0 Å². The highest BCUT2D eigenvalue weighted by atomic mass is 16.6. The average molecular weight is 402 g/mol. The van der Waals surface area contributed by atoms with Crippen molar-refractivity contribution in [2.75, 3.05) is 44.2 Å². The van der Waals surface area contributed by atoms with Gasteiger partial charge in [0.1, 0.15) is 5.69 Å². The number of hydrogen-bond donors (Lipinski definition) is 0. The standard InChI is InChI=1S/C21H30N4O4/c1-15(2)20(26)23-10-12-24(13-11-23)21(27)17-4-5-18(19(14-17)25(28)29)22-8-6-16(3)7-9-22/h4-5,14-16H,6-13H2,1-3H3. The highest BCUT2D eigenvalue weighted by Gasteiger charge is 2.29. The van der Waals surface area contributed by atoms with Crippen molar-refractivity contribution in [1.82, 2.24) is 9.80 Å². The van der Waals surface area contributed by atoms with Gasteiger partial charge in [-0.05, 0) is 30.9 Å². The van der Waals surface area contributed by atoms with E-state index >= 15 is 0 Å². The van der Waals surface area contributed by atoms with Crippen LogP contribution in [0.2, 0.25) is 0 Å². The Bertz CT molecular complexity index is 779. The largest absolute Gasteiger partial charge is 0.366 e. The summed E-state index contributed by atoms with van der Waals surface area (Å²) in [5.74, 6) is 0.439. The van der Waals surface area contributed by atoms with Crippen LogP contribution in [0.1, 0.15) is 44.0 Å². The Morgan fingerprint density at radius 2 is 1.62 bits per heavy atom. The molecule has 2 amide bonds. The van der Waals surface area contributed by atoms with E-state index in [0.717, 1.165) is 25.9 Å². The van der Waals surface area contributed by atoms with Crippen molar-refractivity contribution in [2.45, 2.75) is 33.6 Å². The van der Waals surface area contributed by atoms with Crippen LogP contribution in [0.4, 0.5) is 11.4 Å². The molecular formula is C21H30N4O4. The molecule has 8 heteroatoms. The summed E-state index contributed by atoms with van der Waals surface area (Å²) in [7, 11) is 0. The van der Waals surface area contributed by atoms with E-state index in [1.54, 1.807) is 21.9 Å². The van der Waals surface area contributed by atoms with Crippen molar-refractivity contribution in [3.63, 3.8) is 0 Å². The van der Waals surface area contributed by atoms with E-state index in [4.69, 9.17) is 0 Å². The van der Waals surface area contributed by atoms with E-state index in [9.17, 15) is 19.7 Å². The lowest BCUT2D eigenvalue weighted by atomic mass is 9.98. The maximum atomic E-state index is 12.9. The normalized spacial score (nSPS) is 18.3. The molecular weight excluding hydrogens is 372 g/mol. The first kappa shape index (κ1) is 21.1. The summed E-state index contributed by atoms with van der Waals surface area (Å²) in [6.07, 6.45) is 2.02. The predicted molar refractivity (Wildman–Crippen MR) is 111 cm³/mol. The molecule has 2 heterocycles. The van der Waals surface area contributed by atoms with E-state index in [1.807, 2.05) is 18.7 Å². The molecule has 2 aliphatic heterocycles. The van der Waals surface area contributed by atoms with Gasteiger partial charge in [-0.2, -0.15) is 0 Å². The van der Waals surface area contributed by atoms with Gasteiger partial charge in [0.05, 0.1) is 4.92 Å². The third-order valence-electron chi connectivity index (χ3n) is 5.92. The molecule has 0 bridgehead atoms. The van der Waals surface area contributed by atoms with Gasteiger partial charge in [0.15, 0.2) is 0 Å². The van der Waals surface area contributed by atoms with Crippen molar-refractivity contribution in [3.8, 4) is 0 Å². The Morgan fingerprint density at radius 3 is 2.17 bits per heavy atom. The first-order valence-electron chi connectivity index (χ1n) is 10.4. The lowest BCUT2D eigenvalue weighted by Crippen LogP contribution is -2.51. The topological polar surface area (TPSA) is 87.0 Å². The second kappa shape index (κ2) is 8.80. The molecule has 0 aliphatic carbocycles. The number of nitrogens with zero attached hydrogens (tertiary/aromatic N) is 4. The van der Waals surface area contributed by atoms with Gasteiger partial charge in [0, 0.05) is 56.8 Å². The number of rotatable bonds is 4. The zero-order chi connectivity index (χ0) is 21.1. The molecule has 158 valence electrons. The second-order valence-electron chi connectivity index (χ2n) is 8.40. The van der Waals surface area contributed by atoms with Gasteiger partial charge in [0.2, 0.25) is 5.91 Å². The summed E-state index contributed by atoms with van der Waals surface area (Å²) >= 11 is 0. The van der Waals surface area contributed by atoms with Crippen molar-refractivity contribution in [2.24, 2.45) is 11.8 Å². The van der Waals surface area contributed by atoms with Gasteiger partial charge < -0.3 is 14.7 Å². The number of nitro groups is 1. The molecule has 0 spiro atoms. The molecule has 1 aromatic carbocycles. The summed E-state index contributed by atoms with van der Waals surface area (Å²) in [5.41, 5.74) is 0.902. The molecule has 1 aromatic rings. The van der Waals surface area contributed by atoms with E-state index in [2.05, 4.69) is 6.92 Å². The molecule has 2 saturated heterocycles. The Morgan fingerprint density at radius 1 is 1.03 bits per heavy atom. The minimum absolute atomic E-state index is 0.0148. The van der Waals surface area contributed by atoms with E-state index in [1.165, 1.54) is 6.07 Å². The van der Waals surface area contributed by atoms with Gasteiger partial charge in [-0.15, -0.1) is 0 Å². The SMILES string of the molecule is CC1CCN(c2ccc(C(=O)N3CCN(C(=O)C(C)C)CC3)cc2[N+](=O)[O-])CC1. The number of piperidine rings is 1. The third-order valence-corrected chi connectivity index (χ3v) is 5.92. The van der Waals surface area contributed by atoms with Gasteiger partial charge >= 0.3 is 0 Å². The molecule has 0 N–H and O–H groups in total. The zero-order valence-corrected chi connectivity index (χ0v) is 17.5. The number of carbonyl (C=O) groups excluding carboxylic acids is 2. The number of benzene rings is 1. The number of amides is 2. The van der Waals surface area contributed by atoms with Gasteiger partial charge in [-0.25, -0.2) is 0 Å². The quantitative estimate of drug-likeness (QED) is 0.571. The summed E-state index contributed by atoms with van der Waals surface area (Å²) in [5, 5.41) is 11.7. The fourth-order valence-electron chi connectivity index (χ4n) is 4.00. The van der Waals surface area contributed by atoms with Crippen molar-refractivity contribution >= 4 is 23.2 Å². The monoisotopic (exact) mass is 402 g/mol. The minimum Gasteiger partial charge on any atom is -0.366 e. The Hall–Kier alpha value is -2.64. The molecule has 2 aliphatic rings. The van der Waals surface area contributed by atoms with Crippen LogP contribution in [0.3, 0.4) is 0 Å². The summed E-state index contributed by atoms with van der Waals surface area (Å²) in [4.78, 5) is 41.8. The first-order valence-corrected chi connectivity index (χ1v) is 10.4. The van der Waals surface area contributed by atoms with E-state index in [0.29, 0.717) is 43.3 Å². The summed E-state index contributed by atoms with van der Waals surface area (Å²) < 4.78 is 0. The zero-order valence-electron chi connectivity index (χ0n) is 17.5. The summed E-state index contributed by atoms with van der Waals surface area (Å²) in [6.45, 7) is 9.38. The number of piperazine rings is 1. The van der Waals surface area contributed by atoms with Crippen LogP contribution in [0.25, 0.3) is 0 Å². The fraction of sp³-hybridized carbons (Fsp3) is 0.619. The molecule has 0 saturated carbocycles. The van der Waals surface area contributed by atoms with Crippen LogP contribution in [-0.4, -0.2) is 65.8 Å². The molecule has 8 nitrogen and oxygen atoms in total. The molecule has 0 radical (unpaired) electrons. The Kier molecular flexibility index (Phi) is 6.39. The first-order chi connectivity index (χ1) is 13.8. The number of anilines is 1. The minimum atomic E-state index is -0.399. The highest BCUT2D eigenvalue weighted by molar-refractivity contribution is 5.96. The molecule has 3 rings (SSSR count). The van der Waals surface area contributed by atoms with Crippen LogP contribution >= 0.6 is 0 Å². The van der Waals surface area contributed by atoms with E-state index in [-0.39, 0.29) is 23.4 Å². The highest BCUT2D eigenvalue weighted by Crippen LogP contribution is 2.32. The maximum Gasteiger partial charge on any atom is 0.293 e.